The van der Waals surface area contributed by atoms with E-state index in [2.05, 4.69) is 24.3 Å². The van der Waals surface area contributed by atoms with Crippen LogP contribution in [0.4, 0.5) is 0 Å². The van der Waals surface area contributed by atoms with Crippen molar-refractivity contribution in [1.29, 1.82) is 0 Å². The van der Waals surface area contributed by atoms with E-state index in [4.69, 9.17) is 18.9 Å². The minimum Gasteiger partial charge on any atom is -0.496 e. The molecular formula is C24H22O4. The molecule has 4 heteroatoms. The van der Waals surface area contributed by atoms with Crippen LogP contribution in [0.5, 0.6) is 23.0 Å². The molecule has 0 fully saturated rings. The van der Waals surface area contributed by atoms with Crippen LogP contribution < -0.4 is 18.9 Å². The summed E-state index contributed by atoms with van der Waals surface area (Å²) in [5.41, 5.74) is 2.19. The van der Waals surface area contributed by atoms with Gasteiger partial charge in [-0.3, -0.25) is 0 Å². The van der Waals surface area contributed by atoms with Crippen molar-refractivity contribution in [3.8, 4) is 34.1 Å². The van der Waals surface area contributed by atoms with Crippen molar-refractivity contribution in [2.75, 3.05) is 28.4 Å². The number of ether oxygens (including phenoxy) is 4. The highest BCUT2D eigenvalue weighted by Gasteiger charge is 2.17. The maximum absolute atomic E-state index is 5.60. The van der Waals surface area contributed by atoms with E-state index in [0.717, 1.165) is 55.7 Å². The predicted octanol–water partition coefficient (Wildman–Crippen LogP) is 5.69. The van der Waals surface area contributed by atoms with Crippen LogP contribution in [0, 0.1) is 0 Å². The van der Waals surface area contributed by atoms with E-state index < -0.39 is 0 Å². The van der Waals surface area contributed by atoms with Crippen molar-refractivity contribution in [3.63, 3.8) is 0 Å². The first-order valence-corrected chi connectivity index (χ1v) is 9.01. The average molecular weight is 374 g/mol. The third-order valence-electron chi connectivity index (χ3n) is 5.10. The highest BCUT2D eigenvalue weighted by molar-refractivity contribution is 6.11. The molecule has 0 heterocycles. The molecule has 0 aliphatic rings. The van der Waals surface area contributed by atoms with Crippen LogP contribution in [0.2, 0.25) is 0 Å². The van der Waals surface area contributed by atoms with Crippen LogP contribution in [0.15, 0.2) is 60.7 Å². The molecule has 142 valence electrons. The molecule has 0 unspecified atom stereocenters. The Kier molecular flexibility index (Phi) is 4.70. The molecule has 4 nitrogen and oxygen atoms in total. The molecule has 4 aromatic rings. The van der Waals surface area contributed by atoms with Gasteiger partial charge in [-0.2, -0.15) is 0 Å². The van der Waals surface area contributed by atoms with Gasteiger partial charge < -0.3 is 18.9 Å². The van der Waals surface area contributed by atoms with Gasteiger partial charge in [0.2, 0.25) is 0 Å². The normalized spacial score (nSPS) is 10.9. The summed E-state index contributed by atoms with van der Waals surface area (Å²) in [5.74, 6) is 3.14. The molecule has 28 heavy (non-hydrogen) atoms. The van der Waals surface area contributed by atoms with Crippen LogP contribution in [0.3, 0.4) is 0 Å². The van der Waals surface area contributed by atoms with Crippen LogP contribution in [-0.4, -0.2) is 28.4 Å². The van der Waals surface area contributed by atoms with Crippen molar-refractivity contribution < 1.29 is 18.9 Å². The first kappa shape index (κ1) is 18.0. The third-order valence-corrected chi connectivity index (χ3v) is 5.10. The van der Waals surface area contributed by atoms with Crippen molar-refractivity contribution >= 4 is 21.5 Å². The number of benzene rings is 4. The smallest absolute Gasteiger partial charge is 0.130 e. The number of methoxy groups -OCH3 is 4. The van der Waals surface area contributed by atoms with E-state index in [1.165, 1.54) is 0 Å². The summed E-state index contributed by atoms with van der Waals surface area (Å²) in [4.78, 5) is 0. The second-order valence-electron chi connectivity index (χ2n) is 6.40. The zero-order chi connectivity index (χ0) is 19.7. The zero-order valence-corrected chi connectivity index (χ0v) is 16.4. The Morgan fingerprint density at radius 3 is 1.14 bits per heavy atom. The Hall–Kier alpha value is -3.40. The topological polar surface area (TPSA) is 36.9 Å². The van der Waals surface area contributed by atoms with E-state index in [1.807, 2.05) is 36.4 Å². The van der Waals surface area contributed by atoms with Crippen molar-refractivity contribution in [3.05, 3.63) is 60.7 Å². The maximum Gasteiger partial charge on any atom is 0.130 e. The number of fused-ring (bicyclic) bond motifs is 2. The fourth-order valence-corrected chi connectivity index (χ4v) is 3.83. The molecule has 4 aromatic carbocycles. The van der Waals surface area contributed by atoms with E-state index in [9.17, 15) is 0 Å². The molecule has 0 spiro atoms. The van der Waals surface area contributed by atoms with E-state index >= 15 is 0 Å². The summed E-state index contributed by atoms with van der Waals surface area (Å²) in [7, 11) is 6.70. The van der Waals surface area contributed by atoms with Gasteiger partial charge in [0.25, 0.3) is 0 Å². The Bertz CT molecular complexity index is 1050. The molecule has 0 aromatic heterocycles. The minimum atomic E-state index is 0.784. The largest absolute Gasteiger partial charge is 0.496 e. The summed E-state index contributed by atoms with van der Waals surface area (Å²) in [6, 6.07) is 20.2. The first-order chi connectivity index (χ1) is 13.7. The molecule has 0 atom stereocenters. The predicted molar refractivity (Wildman–Crippen MR) is 113 cm³/mol. The molecule has 0 saturated heterocycles. The Balaban J connectivity index is 2.11. The lowest BCUT2D eigenvalue weighted by Gasteiger charge is -2.17. The summed E-state index contributed by atoms with van der Waals surface area (Å²) in [6.45, 7) is 0. The number of rotatable bonds is 5. The molecule has 0 aliphatic heterocycles. The molecule has 0 bridgehead atoms. The zero-order valence-electron chi connectivity index (χ0n) is 16.4. The fraction of sp³-hybridized carbons (Fsp3) is 0.167. The summed E-state index contributed by atoms with van der Waals surface area (Å²) < 4.78 is 22.4. The third kappa shape index (κ3) is 2.69. The van der Waals surface area contributed by atoms with Crippen molar-refractivity contribution in [2.24, 2.45) is 0 Å². The fourth-order valence-electron chi connectivity index (χ4n) is 3.83. The van der Waals surface area contributed by atoms with Gasteiger partial charge in [-0.05, 0) is 46.2 Å². The standard InChI is InChI=1S/C24H22O4/c1-25-19-9-5-7-17-15(11-13-21(27-3)23(17)19)16-12-14-22(28-4)24-18(16)8-6-10-20(24)26-2/h5-14H,1-4H3. The SMILES string of the molecule is COc1cccc2c(-c3ccc(OC)c4c(OC)cccc34)ccc(OC)c12. The molecule has 0 N–H and O–H groups in total. The van der Waals surface area contributed by atoms with Gasteiger partial charge in [-0.15, -0.1) is 0 Å². The molecule has 0 amide bonds. The minimum absolute atomic E-state index is 0.784. The van der Waals surface area contributed by atoms with Gasteiger partial charge in [-0.1, -0.05) is 36.4 Å². The van der Waals surface area contributed by atoms with Gasteiger partial charge in [0.1, 0.15) is 23.0 Å². The van der Waals surface area contributed by atoms with Gasteiger partial charge in [-0.25, -0.2) is 0 Å². The quantitative estimate of drug-likeness (QED) is 0.449. The number of hydrogen-bond donors (Lipinski definition) is 0. The molecule has 0 aliphatic carbocycles. The second kappa shape index (κ2) is 7.31. The molecule has 0 radical (unpaired) electrons. The second-order valence-corrected chi connectivity index (χ2v) is 6.40. The maximum atomic E-state index is 5.60. The van der Waals surface area contributed by atoms with Gasteiger partial charge in [0.15, 0.2) is 0 Å². The average Bonchev–Trinajstić information content (AvgIpc) is 2.76. The first-order valence-electron chi connectivity index (χ1n) is 9.01. The highest BCUT2D eigenvalue weighted by Crippen LogP contribution is 2.44. The van der Waals surface area contributed by atoms with Crippen molar-refractivity contribution in [2.45, 2.75) is 0 Å². The van der Waals surface area contributed by atoms with Crippen LogP contribution in [-0.2, 0) is 0 Å². The molecular weight excluding hydrogens is 352 g/mol. The van der Waals surface area contributed by atoms with E-state index in [-0.39, 0.29) is 0 Å². The number of hydrogen-bond acceptors (Lipinski definition) is 4. The lowest BCUT2D eigenvalue weighted by molar-refractivity contribution is 0.405. The summed E-state index contributed by atoms with van der Waals surface area (Å²) >= 11 is 0. The van der Waals surface area contributed by atoms with Crippen LogP contribution in [0.25, 0.3) is 32.7 Å². The Morgan fingerprint density at radius 1 is 0.429 bits per heavy atom. The monoisotopic (exact) mass is 374 g/mol. The van der Waals surface area contributed by atoms with Crippen molar-refractivity contribution in [1.82, 2.24) is 0 Å². The van der Waals surface area contributed by atoms with E-state index in [1.54, 1.807) is 28.4 Å². The van der Waals surface area contributed by atoms with E-state index in [0.29, 0.717) is 0 Å². The van der Waals surface area contributed by atoms with Gasteiger partial charge in [0, 0.05) is 0 Å². The highest BCUT2D eigenvalue weighted by atomic mass is 16.5. The lowest BCUT2D eigenvalue weighted by atomic mass is 9.92. The lowest BCUT2D eigenvalue weighted by Crippen LogP contribution is -1.94. The summed E-state index contributed by atoms with van der Waals surface area (Å²) in [6.07, 6.45) is 0. The van der Waals surface area contributed by atoms with Crippen LogP contribution in [0.1, 0.15) is 0 Å². The summed E-state index contributed by atoms with van der Waals surface area (Å²) in [5, 5.41) is 4.04. The van der Waals surface area contributed by atoms with Gasteiger partial charge >= 0.3 is 0 Å². The molecule has 0 saturated carbocycles. The Labute approximate surface area is 164 Å². The van der Waals surface area contributed by atoms with Gasteiger partial charge in [0.05, 0.1) is 39.2 Å². The van der Waals surface area contributed by atoms with Crippen LogP contribution >= 0.6 is 0 Å². The Morgan fingerprint density at radius 2 is 0.786 bits per heavy atom. The molecule has 4 rings (SSSR count).